The summed E-state index contributed by atoms with van der Waals surface area (Å²) in [6, 6.07) is 11.2. The molecule has 1 heterocycles. The van der Waals surface area contributed by atoms with E-state index in [0.29, 0.717) is 44.0 Å². The largest absolute Gasteiger partial charge is 0.494 e. The maximum absolute atomic E-state index is 15.3. The Labute approximate surface area is 282 Å². The second kappa shape index (κ2) is 14.2. The normalized spacial score (nSPS) is 12.5. The van der Waals surface area contributed by atoms with Gasteiger partial charge in [-0.1, -0.05) is 54.9 Å². The van der Waals surface area contributed by atoms with E-state index in [1.165, 1.54) is 19.2 Å². The van der Waals surface area contributed by atoms with Crippen molar-refractivity contribution in [3.05, 3.63) is 99.0 Å². The molecule has 0 aliphatic rings. The van der Waals surface area contributed by atoms with Crippen LogP contribution in [0.1, 0.15) is 37.1 Å². The Bertz CT molecular complexity index is 1820. The molecule has 0 bridgehead atoms. The minimum absolute atomic E-state index is 0.000381. The Balaban J connectivity index is 1.67. The molecule has 7 nitrogen and oxygen atoms in total. The van der Waals surface area contributed by atoms with Gasteiger partial charge in [0.05, 0.1) is 67.3 Å². The van der Waals surface area contributed by atoms with Crippen molar-refractivity contribution >= 4 is 45.0 Å². The lowest BCUT2D eigenvalue weighted by Gasteiger charge is -2.28. The second-order valence-electron chi connectivity index (χ2n) is 12.3. The first kappa shape index (κ1) is 36.1. The van der Waals surface area contributed by atoms with Gasteiger partial charge in [-0.25, -0.2) is 31.3 Å². The van der Waals surface area contributed by atoms with Crippen LogP contribution in [0.5, 0.6) is 5.75 Å². The van der Waals surface area contributed by atoms with Crippen LogP contribution >= 0.6 is 35.0 Å². The van der Waals surface area contributed by atoms with E-state index in [2.05, 4.69) is 9.71 Å². The van der Waals surface area contributed by atoms with Gasteiger partial charge in [-0.15, -0.1) is 0 Å². The van der Waals surface area contributed by atoms with Gasteiger partial charge in [0.25, 0.3) is 0 Å². The summed E-state index contributed by atoms with van der Waals surface area (Å²) >= 11 is 13.5. The van der Waals surface area contributed by atoms with E-state index in [1.54, 1.807) is 29.0 Å². The number of benzene rings is 3. The van der Waals surface area contributed by atoms with E-state index in [4.69, 9.17) is 27.9 Å². The van der Waals surface area contributed by atoms with Crippen molar-refractivity contribution in [1.29, 1.82) is 0 Å². The van der Waals surface area contributed by atoms with E-state index >= 15 is 8.78 Å². The van der Waals surface area contributed by atoms with Gasteiger partial charge in [0, 0.05) is 35.8 Å². The van der Waals surface area contributed by atoms with Crippen molar-refractivity contribution in [3.8, 4) is 11.4 Å². The van der Waals surface area contributed by atoms with Crippen molar-refractivity contribution in [2.45, 2.75) is 41.5 Å². The number of ether oxygens (including phenoxy) is 1. The third-order valence-corrected chi connectivity index (χ3v) is 10.6. The Morgan fingerprint density at radius 3 is 2.26 bits per heavy atom. The highest BCUT2D eigenvalue weighted by Gasteiger charge is 2.31. The van der Waals surface area contributed by atoms with E-state index in [0.717, 1.165) is 29.5 Å². The number of quaternary nitrogens is 1. The molecule has 0 atom stereocenters. The first-order valence-electron chi connectivity index (χ1n) is 14.2. The number of methoxy groups -OCH3 is 1. The molecule has 0 amide bonds. The molecule has 0 spiro atoms. The molecule has 0 aliphatic carbocycles. The SMILES string of the molecule is COc1cc(-n2c(C(C)(C)c3ccc(Cl)c(Cl)c3)cnc2SCc2c(F)cc(S(=O)(=O)NCCC[N+](C)(C)C)cc2F)ccc1F. The van der Waals surface area contributed by atoms with Crippen molar-refractivity contribution < 1.29 is 30.8 Å². The van der Waals surface area contributed by atoms with Gasteiger partial charge in [-0.05, 0) is 42.0 Å². The summed E-state index contributed by atoms with van der Waals surface area (Å²) in [5.74, 6) is -2.78. The Morgan fingerprint density at radius 2 is 1.65 bits per heavy atom. The predicted octanol–water partition coefficient (Wildman–Crippen LogP) is 7.60. The summed E-state index contributed by atoms with van der Waals surface area (Å²) in [5.41, 5.74) is 0.951. The highest BCUT2D eigenvalue weighted by Crippen LogP contribution is 2.39. The number of thioether (sulfide) groups is 1. The number of nitrogens with one attached hydrogen (secondary N) is 1. The van der Waals surface area contributed by atoms with Crippen LogP contribution in [0.2, 0.25) is 10.0 Å². The van der Waals surface area contributed by atoms with Crippen molar-refractivity contribution in [2.75, 3.05) is 41.3 Å². The molecule has 46 heavy (non-hydrogen) atoms. The van der Waals surface area contributed by atoms with E-state index in [1.807, 2.05) is 41.1 Å². The maximum Gasteiger partial charge on any atom is 0.240 e. The molecule has 1 N–H and O–H groups in total. The van der Waals surface area contributed by atoms with Gasteiger partial charge in [-0.2, -0.15) is 0 Å². The number of hydrogen-bond donors (Lipinski definition) is 1. The average Bonchev–Trinajstić information content (AvgIpc) is 3.41. The molecule has 14 heteroatoms. The number of aromatic nitrogens is 2. The molecule has 4 rings (SSSR count). The Morgan fingerprint density at radius 1 is 0.978 bits per heavy atom. The number of sulfonamides is 1. The number of halogens is 5. The van der Waals surface area contributed by atoms with E-state index in [-0.39, 0.29) is 23.6 Å². The monoisotopic (exact) mass is 715 g/mol. The van der Waals surface area contributed by atoms with Gasteiger partial charge in [0.15, 0.2) is 16.7 Å². The first-order valence-corrected chi connectivity index (χ1v) is 17.5. The van der Waals surface area contributed by atoms with Crippen LogP contribution in [0.3, 0.4) is 0 Å². The van der Waals surface area contributed by atoms with Crippen molar-refractivity contribution in [3.63, 3.8) is 0 Å². The lowest BCUT2D eigenvalue weighted by molar-refractivity contribution is -0.870. The summed E-state index contributed by atoms with van der Waals surface area (Å²) in [5, 5.41) is 1.12. The Hall–Kier alpha value is -2.74. The molecular weight excluding hydrogens is 680 g/mol. The minimum Gasteiger partial charge on any atom is -0.494 e. The number of hydrogen-bond acceptors (Lipinski definition) is 5. The highest BCUT2D eigenvalue weighted by atomic mass is 35.5. The van der Waals surface area contributed by atoms with Crippen LogP contribution in [0.15, 0.2) is 64.8 Å². The van der Waals surface area contributed by atoms with Gasteiger partial charge in [-0.3, -0.25) is 4.57 Å². The topological polar surface area (TPSA) is 73.2 Å². The molecule has 0 fully saturated rings. The van der Waals surface area contributed by atoms with Crippen LogP contribution in [0, 0.1) is 17.5 Å². The number of nitrogens with zero attached hydrogens (tertiary/aromatic N) is 3. The van der Waals surface area contributed by atoms with Crippen molar-refractivity contribution in [1.82, 2.24) is 14.3 Å². The van der Waals surface area contributed by atoms with Crippen LogP contribution in [-0.2, 0) is 21.2 Å². The lowest BCUT2D eigenvalue weighted by atomic mass is 9.81. The van der Waals surface area contributed by atoms with Gasteiger partial charge in [0.2, 0.25) is 10.0 Å². The summed E-state index contributed by atoms with van der Waals surface area (Å²) in [4.78, 5) is 4.08. The van der Waals surface area contributed by atoms with Crippen LogP contribution in [-0.4, -0.2) is 63.8 Å². The fourth-order valence-electron chi connectivity index (χ4n) is 4.80. The van der Waals surface area contributed by atoms with Crippen LogP contribution in [0.4, 0.5) is 13.2 Å². The predicted molar refractivity (Wildman–Crippen MR) is 177 cm³/mol. The Kier molecular flexibility index (Phi) is 11.1. The van der Waals surface area contributed by atoms with E-state index in [9.17, 15) is 12.8 Å². The fraction of sp³-hybridized carbons (Fsp3) is 0.344. The van der Waals surface area contributed by atoms with E-state index < -0.39 is 37.8 Å². The molecule has 1 aromatic heterocycles. The number of rotatable bonds is 13. The molecule has 4 aromatic rings. The fourth-order valence-corrected chi connectivity index (χ4v) is 7.20. The second-order valence-corrected chi connectivity index (χ2v) is 15.8. The van der Waals surface area contributed by atoms with Gasteiger partial charge < -0.3 is 9.22 Å². The zero-order valence-corrected chi connectivity index (χ0v) is 29.4. The summed E-state index contributed by atoms with van der Waals surface area (Å²) < 4.78 is 80.5. The van der Waals surface area contributed by atoms with Crippen LogP contribution < -0.4 is 9.46 Å². The smallest absolute Gasteiger partial charge is 0.240 e. The third-order valence-electron chi connectivity index (χ3n) is 7.47. The summed E-state index contributed by atoms with van der Waals surface area (Å²) in [6.07, 6.45) is 2.19. The molecule has 3 aromatic carbocycles. The molecule has 0 aliphatic heterocycles. The highest BCUT2D eigenvalue weighted by molar-refractivity contribution is 7.98. The molecule has 0 saturated heterocycles. The molecule has 0 unspecified atom stereocenters. The number of imidazole rings is 1. The third kappa shape index (κ3) is 8.21. The standard InChI is InChI=1S/C32H36Cl2F3N4O3S2/c1-32(2,20-8-10-24(33)25(34)14-20)30-18-38-31(40(30)21-9-11-26(35)29(15-21)44-6)45-19-23-27(36)16-22(17-28(23)37)46(42,43)39-12-7-13-41(3,4)5/h8-11,14-18,39H,7,12-13,19H2,1-6H3/q+1. The maximum atomic E-state index is 15.3. The first-order chi connectivity index (χ1) is 21.4. The average molecular weight is 717 g/mol. The lowest BCUT2D eigenvalue weighted by Crippen LogP contribution is -2.37. The van der Waals surface area contributed by atoms with Gasteiger partial charge in [0.1, 0.15) is 11.6 Å². The molecule has 248 valence electrons. The molecular formula is C32H36Cl2F3N4O3S2+. The zero-order chi connectivity index (χ0) is 34.0. The summed E-state index contributed by atoms with van der Waals surface area (Å²) in [6.45, 7) is 4.75. The van der Waals surface area contributed by atoms with Crippen molar-refractivity contribution in [2.24, 2.45) is 0 Å². The van der Waals surface area contributed by atoms with Crippen LogP contribution in [0.25, 0.3) is 5.69 Å². The summed E-state index contributed by atoms with van der Waals surface area (Å²) in [7, 11) is 3.17. The minimum atomic E-state index is -4.13. The quantitative estimate of drug-likeness (QED) is 0.0877. The zero-order valence-electron chi connectivity index (χ0n) is 26.3. The molecule has 0 radical (unpaired) electrons. The van der Waals surface area contributed by atoms with Gasteiger partial charge >= 0.3 is 0 Å². The molecule has 0 saturated carbocycles.